The van der Waals surface area contributed by atoms with Crippen molar-refractivity contribution in [2.24, 2.45) is 0 Å². The van der Waals surface area contributed by atoms with E-state index < -0.39 is 0 Å². The molecule has 1 unspecified atom stereocenters. The average Bonchev–Trinajstić information content (AvgIpc) is 2.89. The van der Waals surface area contributed by atoms with Crippen LogP contribution in [0.5, 0.6) is 5.75 Å². The Morgan fingerprint density at radius 1 is 1.03 bits per heavy atom. The Morgan fingerprint density at radius 3 is 2.68 bits per heavy atom. The Bertz CT molecular complexity index is 1340. The van der Waals surface area contributed by atoms with E-state index in [-0.39, 0.29) is 21.9 Å². The van der Waals surface area contributed by atoms with Gasteiger partial charge in [0.25, 0.3) is 0 Å². The van der Waals surface area contributed by atoms with E-state index in [9.17, 15) is 9.90 Å². The van der Waals surface area contributed by atoms with Crippen molar-refractivity contribution in [3.05, 3.63) is 108 Å². The second-order valence-electron chi connectivity index (χ2n) is 8.48. The van der Waals surface area contributed by atoms with E-state index in [1.165, 1.54) is 5.56 Å². The summed E-state index contributed by atoms with van der Waals surface area (Å²) in [6.45, 7) is 4.27. The van der Waals surface area contributed by atoms with E-state index in [1.54, 1.807) is 30.5 Å². The first-order chi connectivity index (χ1) is 16.6. The maximum atomic E-state index is 13.5. The number of aryl methyl sites for hydroxylation is 1. The molecule has 6 nitrogen and oxygen atoms in total. The summed E-state index contributed by atoms with van der Waals surface area (Å²) in [7, 11) is 0. The molecule has 0 amide bonds. The van der Waals surface area contributed by atoms with E-state index in [4.69, 9.17) is 4.98 Å². The number of phenols is 1. The lowest BCUT2D eigenvalue weighted by atomic mass is 10.0. The number of benzene rings is 2. The third kappa shape index (κ3) is 4.54. The number of ketones is 1. The number of hydrogen-bond acceptors (Lipinski definition) is 6. The number of hydrogen-bond donors (Lipinski definition) is 2. The van der Waals surface area contributed by atoms with Crippen LogP contribution in [0.1, 0.15) is 37.6 Å². The van der Waals surface area contributed by atoms with Crippen LogP contribution in [0, 0.1) is 6.92 Å². The van der Waals surface area contributed by atoms with Crippen molar-refractivity contribution in [2.45, 2.75) is 13.0 Å². The van der Waals surface area contributed by atoms with Gasteiger partial charge in [0.1, 0.15) is 17.3 Å². The highest BCUT2D eigenvalue weighted by Gasteiger charge is 2.23. The monoisotopic (exact) mass is 456 g/mol. The van der Waals surface area contributed by atoms with Crippen LogP contribution in [0.2, 0.25) is 0 Å². The van der Waals surface area contributed by atoms with Gasteiger partial charge in [-0.1, -0.05) is 48.5 Å². The van der Waals surface area contributed by atoms with E-state index in [0.717, 1.165) is 36.6 Å². The van der Waals surface area contributed by atoms with Crippen molar-refractivity contribution in [1.82, 2.24) is 15.3 Å². The zero-order valence-electron chi connectivity index (χ0n) is 19.0. The number of aromatic nitrogens is 2. The lowest BCUT2D eigenvalue weighted by Gasteiger charge is -2.35. The molecule has 1 atom stereocenters. The first-order valence-electron chi connectivity index (χ1n) is 11.4. The lowest BCUT2D eigenvalue weighted by molar-refractivity contribution is 0.103. The Morgan fingerprint density at radius 2 is 1.85 bits per heavy atom. The quantitative estimate of drug-likeness (QED) is 0.398. The van der Waals surface area contributed by atoms with Crippen LogP contribution in [-0.2, 0) is 0 Å². The fourth-order valence-electron chi connectivity index (χ4n) is 4.34. The maximum absolute atomic E-state index is 13.5. The fourth-order valence-corrected chi connectivity index (χ4v) is 4.34. The largest absolute Gasteiger partial charge is 0.508 e. The summed E-state index contributed by atoms with van der Waals surface area (Å²) in [4.78, 5) is 24.9. The molecule has 0 bridgehead atoms. The number of anilines is 1. The van der Waals surface area contributed by atoms with E-state index in [2.05, 4.69) is 39.5 Å². The van der Waals surface area contributed by atoms with Gasteiger partial charge >= 0.3 is 0 Å². The fraction of sp³-hybridized carbons (Fsp3) is 0.179. The first-order valence-corrected chi connectivity index (χ1v) is 11.4. The molecule has 0 spiro atoms. The summed E-state index contributed by atoms with van der Waals surface area (Å²) in [6, 6.07) is 24.9. The minimum absolute atomic E-state index is 0. The van der Waals surface area contributed by atoms with Crippen molar-refractivity contribution >= 4 is 11.6 Å². The number of phenolic OH excluding ortho intramolecular Hbond substituents is 1. The number of nitrogens with zero attached hydrogens (tertiary/aromatic N) is 3. The number of rotatable bonds is 5. The Labute approximate surface area is 203 Å². The Kier molecular flexibility index (Phi) is 6.06. The summed E-state index contributed by atoms with van der Waals surface area (Å²) in [5.41, 5.74) is 4.36. The molecule has 2 aromatic carbocycles. The normalized spacial score (nSPS) is 15.8. The van der Waals surface area contributed by atoms with Gasteiger partial charge in [-0.25, -0.2) is 4.98 Å². The molecular weight excluding hydrogens is 424 g/mol. The molecule has 2 N–H and O–H groups in total. The first kappa shape index (κ1) is 21.8. The molecule has 0 aliphatic carbocycles. The van der Waals surface area contributed by atoms with Crippen molar-refractivity contribution in [3.8, 4) is 16.9 Å². The van der Waals surface area contributed by atoms with Gasteiger partial charge in [0.2, 0.25) is 5.78 Å². The predicted octanol–water partition coefficient (Wildman–Crippen LogP) is 5.28. The molecule has 1 fully saturated rings. The molecular formula is C28H32N4O2. The second kappa shape index (κ2) is 9.45. The molecule has 34 heavy (non-hydrogen) atoms. The molecule has 0 radical (unpaired) electrons. The smallest absolute Gasteiger partial charge is 0.213 e. The minimum Gasteiger partial charge on any atom is -0.508 e. The number of carbonyl (C=O) groups excluding carboxylic acids is 1. The molecule has 1 aliphatic rings. The van der Waals surface area contributed by atoms with E-state index >= 15 is 0 Å². The van der Waals surface area contributed by atoms with Crippen LogP contribution in [0.3, 0.4) is 0 Å². The van der Waals surface area contributed by atoms with Crippen LogP contribution in [0.15, 0.2) is 85.1 Å². The maximum Gasteiger partial charge on any atom is 0.213 e. The van der Waals surface area contributed by atoms with Gasteiger partial charge in [0, 0.05) is 53.0 Å². The van der Waals surface area contributed by atoms with Crippen LogP contribution in [0.25, 0.3) is 11.1 Å². The van der Waals surface area contributed by atoms with Gasteiger partial charge in [-0.15, -0.1) is 0 Å². The van der Waals surface area contributed by atoms with Crippen molar-refractivity contribution < 1.29 is 14.2 Å². The van der Waals surface area contributed by atoms with Gasteiger partial charge < -0.3 is 15.3 Å². The number of aromatic hydroxyl groups is 1. The number of carbonyl (C=O) groups is 1. The summed E-state index contributed by atoms with van der Waals surface area (Å²) in [5.74, 6) is 0.803. The molecule has 5 rings (SSSR count). The van der Waals surface area contributed by atoms with Crippen molar-refractivity contribution in [2.75, 3.05) is 24.5 Å². The molecule has 176 valence electrons. The Hall–Kier alpha value is -4.03. The van der Waals surface area contributed by atoms with Gasteiger partial charge in [-0.2, -0.15) is 0 Å². The number of pyridine rings is 2. The third-order valence-corrected chi connectivity index (χ3v) is 6.18. The Balaban J connectivity index is 0.00000160. The van der Waals surface area contributed by atoms with Gasteiger partial charge in [0.05, 0.1) is 0 Å². The van der Waals surface area contributed by atoms with E-state index in [1.807, 2.05) is 37.3 Å². The summed E-state index contributed by atoms with van der Waals surface area (Å²) in [6.07, 6.45) is 1.72. The average molecular weight is 457 g/mol. The van der Waals surface area contributed by atoms with Crippen LogP contribution >= 0.6 is 0 Å². The number of nitrogens with one attached hydrogen (secondary N) is 1. The van der Waals surface area contributed by atoms with Gasteiger partial charge in [-0.3, -0.25) is 9.78 Å². The highest BCUT2D eigenvalue weighted by molar-refractivity contribution is 6.09. The minimum atomic E-state index is -0.163. The molecule has 4 aromatic rings. The predicted molar refractivity (Wildman–Crippen MR) is 139 cm³/mol. The standard InChI is InChI=1S/C28H26N4O2.3H2/c1-19-24(16-22(17-30-19)21-9-5-10-23(33)15-21)28(34)25-11-6-12-27(31-25)32-14-13-29-26(18-32)20-7-3-2-4-8-20;;;/h2-12,15-17,26,29,33H,13-14,18H2,1H3;3*1H. The second-order valence-corrected chi connectivity index (χ2v) is 8.48. The molecule has 6 heteroatoms. The molecule has 1 aliphatic heterocycles. The number of piperazine rings is 1. The zero-order chi connectivity index (χ0) is 23.5. The van der Waals surface area contributed by atoms with Crippen LogP contribution in [-0.4, -0.2) is 40.5 Å². The van der Waals surface area contributed by atoms with Crippen LogP contribution < -0.4 is 10.2 Å². The summed E-state index contributed by atoms with van der Waals surface area (Å²) < 4.78 is 0. The third-order valence-electron chi connectivity index (χ3n) is 6.18. The molecule has 0 saturated carbocycles. The highest BCUT2D eigenvalue weighted by Crippen LogP contribution is 2.26. The zero-order valence-corrected chi connectivity index (χ0v) is 19.0. The van der Waals surface area contributed by atoms with Gasteiger partial charge in [0.15, 0.2) is 0 Å². The van der Waals surface area contributed by atoms with E-state index in [0.29, 0.717) is 17.0 Å². The summed E-state index contributed by atoms with van der Waals surface area (Å²) >= 11 is 0. The van der Waals surface area contributed by atoms with Crippen molar-refractivity contribution in [3.63, 3.8) is 0 Å². The highest BCUT2D eigenvalue weighted by atomic mass is 16.3. The van der Waals surface area contributed by atoms with Crippen molar-refractivity contribution in [1.29, 1.82) is 0 Å². The topological polar surface area (TPSA) is 78.4 Å². The molecule has 3 heterocycles. The molecule has 1 saturated heterocycles. The summed E-state index contributed by atoms with van der Waals surface area (Å²) in [5, 5.41) is 13.4. The van der Waals surface area contributed by atoms with Gasteiger partial charge in [-0.05, 0) is 48.4 Å². The lowest BCUT2D eigenvalue weighted by Crippen LogP contribution is -2.46. The SMILES string of the molecule is Cc1ncc(-c2cccc(O)c2)cc1C(=O)c1cccc(N2CCNC(c3ccccc3)C2)n1.[HH].[HH].[HH]. The van der Waals surface area contributed by atoms with Crippen LogP contribution in [0.4, 0.5) is 5.82 Å². The molecule has 2 aromatic heterocycles.